The van der Waals surface area contributed by atoms with E-state index in [2.05, 4.69) is 29.8 Å². The van der Waals surface area contributed by atoms with Gasteiger partial charge in [0.2, 0.25) is 5.91 Å². The van der Waals surface area contributed by atoms with Crippen LogP contribution in [0.5, 0.6) is 0 Å². The number of carbonyl (C=O) groups is 1. The van der Waals surface area contributed by atoms with Crippen LogP contribution in [0.15, 0.2) is 22.7 Å². The minimum Gasteiger partial charge on any atom is -0.338 e. The van der Waals surface area contributed by atoms with Crippen LogP contribution in [0.4, 0.5) is 5.69 Å². The molecule has 1 aromatic rings. The number of rotatable bonds is 3. The number of carbonyl (C=O) groups excluding carboxylic acids is 1. The van der Waals surface area contributed by atoms with E-state index in [1.807, 2.05) is 11.0 Å². The highest BCUT2D eigenvalue weighted by atomic mass is 79.9. The van der Waals surface area contributed by atoms with Crippen molar-refractivity contribution in [3.05, 3.63) is 38.3 Å². The number of likely N-dealkylation sites (tertiary alicyclic amines) is 1. The molecular weight excluding hydrogens is 336 g/mol. The first-order valence-electron chi connectivity index (χ1n) is 6.99. The SMILES string of the molecule is CC1(C)CCC(=O)N(Cc2ccc(Br)c([N+](=O)[O-])c2)CC1. The molecule has 1 aromatic carbocycles. The molecule has 5 nitrogen and oxygen atoms in total. The molecule has 0 N–H and O–H groups in total. The van der Waals surface area contributed by atoms with Gasteiger partial charge in [-0.1, -0.05) is 19.9 Å². The van der Waals surface area contributed by atoms with Crippen molar-refractivity contribution in [3.8, 4) is 0 Å². The summed E-state index contributed by atoms with van der Waals surface area (Å²) >= 11 is 3.17. The first-order valence-corrected chi connectivity index (χ1v) is 7.78. The van der Waals surface area contributed by atoms with Crippen LogP contribution in [0.2, 0.25) is 0 Å². The van der Waals surface area contributed by atoms with Crippen molar-refractivity contribution in [2.75, 3.05) is 6.54 Å². The summed E-state index contributed by atoms with van der Waals surface area (Å²) in [5.74, 6) is 0.131. The zero-order chi connectivity index (χ0) is 15.6. The summed E-state index contributed by atoms with van der Waals surface area (Å²) < 4.78 is 0.458. The Hall–Kier alpha value is -1.43. The Labute approximate surface area is 132 Å². The first kappa shape index (κ1) is 15.9. The van der Waals surface area contributed by atoms with Gasteiger partial charge in [0.1, 0.15) is 0 Å². The Morgan fingerprint density at radius 3 is 2.76 bits per heavy atom. The minimum atomic E-state index is -0.416. The van der Waals surface area contributed by atoms with Crippen molar-refractivity contribution in [1.29, 1.82) is 0 Å². The zero-order valence-corrected chi connectivity index (χ0v) is 13.9. The van der Waals surface area contributed by atoms with Gasteiger partial charge in [0.25, 0.3) is 5.69 Å². The average molecular weight is 355 g/mol. The highest BCUT2D eigenvalue weighted by molar-refractivity contribution is 9.10. The zero-order valence-electron chi connectivity index (χ0n) is 12.3. The van der Waals surface area contributed by atoms with E-state index in [0.717, 1.165) is 18.4 Å². The summed E-state index contributed by atoms with van der Waals surface area (Å²) in [5.41, 5.74) is 1.00. The van der Waals surface area contributed by atoms with Gasteiger partial charge in [-0.15, -0.1) is 0 Å². The Balaban J connectivity index is 2.15. The number of nitrogens with zero attached hydrogens (tertiary/aromatic N) is 2. The smallest absolute Gasteiger partial charge is 0.283 e. The van der Waals surface area contributed by atoms with Crippen molar-refractivity contribution < 1.29 is 9.72 Å². The summed E-state index contributed by atoms with van der Waals surface area (Å²) in [6.07, 6.45) is 2.39. The number of nitro groups is 1. The van der Waals surface area contributed by atoms with Crippen LogP contribution in [0, 0.1) is 15.5 Å². The first-order chi connectivity index (χ1) is 9.78. The molecule has 6 heteroatoms. The van der Waals surface area contributed by atoms with Gasteiger partial charge in [-0.05, 0) is 45.8 Å². The standard InChI is InChI=1S/C15H19BrN2O3/c1-15(2)6-5-14(19)17(8-7-15)10-11-3-4-12(16)13(9-11)18(20)21/h3-4,9H,5-8,10H2,1-2H3. The second-order valence-electron chi connectivity index (χ2n) is 6.27. The molecule has 1 heterocycles. The molecular formula is C15H19BrN2O3. The van der Waals surface area contributed by atoms with Gasteiger partial charge >= 0.3 is 0 Å². The van der Waals surface area contributed by atoms with Crippen LogP contribution < -0.4 is 0 Å². The third-order valence-corrected chi connectivity index (χ3v) is 4.68. The fourth-order valence-electron chi connectivity index (χ4n) is 2.47. The molecule has 0 atom stereocenters. The Kier molecular flexibility index (Phi) is 4.66. The van der Waals surface area contributed by atoms with E-state index < -0.39 is 4.92 Å². The molecule has 0 bridgehead atoms. The lowest BCUT2D eigenvalue weighted by Gasteiger charge is -2.23. The van der Waals surface area contributed by atoms with Crippen LogP contribution >= 0.6 is 15.9 Å². The van der Waals surface area contributed by atoms with Gasteiger partial charge in [-0.25, -0.2) is 0 Å². The largest absolute Gasteiger partial charge is 0.338 e. The van der Waals surface area contributed by atoms with Crippen LogP contribution in [-0.4, -0.2) is 22.3 Å². The summed E-state index contributed by atoms with van der Waals surface area (Å²) in [7, 11) is 0. The number of nitro benzene ring substituents is 1. The molecule has 0 saturated carbocycles. The normalized spacial score (nSPS) is 18.4. The molecule has 1 amide bonds. The second-order valence-corrected chi connectivity index (χ2v) is 7.13. The van der Waals surface area contributed by atoms with E-state index in [0.29, 0.717) is 24.0 Å². The van der Waals surface area contributed by atoms with Gasteiger partial charge in [-0.2, -0.15) is 0 Å². The Morgan fingerprint density at radius 1 is 1.38 bits per heavy atom. The average Bonchev–Trinajstić information content (AvgIpc) is 2.53. The molecule has 21 heavy (non-hydrogen) atoms. The fraction of sp³-hybridized carbons (Fsp3) is 0.533. The van der Waals surface area contributed by atoms with Crippen molar-refractivity contribution in [3.63, 3.8) is 0 Å². The second kappa shape index (κ2) is 6.13. The quantitative estimate of drug-likeness (QED) is 0.610. The van der Waals surface area contributed by atoms with E-state index in [-0.39, 0.29) is 17.0 Å². The van der Waals surface area contributed by atoms with Crippen LogP contribution in [0.3, 0.4) is 0 Å². The van der Waals surface area contributed by atoms with Crippen molar-refractivity contribution in [2.24, 2.45) is 5.41 Å². The fourth-order valence-corrected chi connectivity index (χ4v) is 2.87. The van der Waals surface area contributed by atoms with Crippen LogP contribution in [0.1, 0.15) is 38.7 Å². The van der Waals surface area contributed by atoms with Crippen molar-refractivity contribution in [1.82, 2.24) is 4.90 Å². The number of hydrogen-bond acceptors (Lipinski definition) is 3. The maximum atomic E-state index is 12.2. The minimum absolute atomic E-state index is 0.0371. The van der Waals surface area contributed by atoms with Crippen molar-refractivity contribution in [2.45, 2.75) is 39.7 Å². The summed E-state index contributed by atoms with van der Waals surface area (Å²) in [4.78, 5) is 24.5. The molecule has 0 unspecified atom stereocenters. The molecule has 2 rings (SSSR count). The van der Waals surface area contributed by atoms with Crippen LogP contribution in [0.25, 0.3) is 0 Å². The van der Waals surface area contributed by atoms with Crippen molar-refractivity contribution >= 4 is 27.5 Å². The molecule has 0 aliphatic carbocycles. The number of halogens is 1. The predicted molar refractivity (Wildman–Crippen MR) is 83.8 cm³/mol. The third kappa shape index (κ3) is 4.03. The lowest BCUT2D eigenvalue weighted by Crippen LogP contribution is -2.30. The maximum absolute atomic E-state index is 12.2. The van der Waals surface area contributed by atoms with E-state index in [1.165, 1.54) is 6.07 Å². The van der Waals surface area contributed by atoms with E-state index in [1.54, 1.807) is 6.07 Å². The molecule has 1 fully saturated rings. The van der Waals surface area contributed by atoms with Gasteiger partial charge in [-0.3, -0.25) is 14.9 Å². The summed E-state index contributed by atoms with van der Waals surface area (Å²) in [5, 5.41) is 11.0. The topological polar surface area (TPSA) is 63.5 Å². The molecule has 0 radical (unpaired) electrons. The highest BCUT2D eigenvalue weighted by Gasteiger charge is 2.27. The molecule has 1 aliphatic rings. The van der Waals surface area contributed by atoms with Gasteiger partial charge in [0.15, 0.2) is 0 Å². The number of amides is 1. The van der Waals surface area contributed by atoms with Gasteiger partial charge < -0.3 is 4.90 Å². The van der Waals surface area contributed by atoms with Gasteiger partial charge in [0, 0.05) is 25.6 Å². The molecule has 0 aromatic heterocycles. The lowest BCUT2D eigenvalue weighted by atomic mass is 9.85. The molecule has 1 aliphatic heterocycles. The highest BCUT2D eigenvalue weighted by Crippen LogP contribution is 2.31. The van der Waals surface area contributed by atoms with E-state index in [4.69, 9.17) is 0 Å². The number of benzene rings is 1. The van der Waals surface area contributed by atoms with Gasteiger partial charge in [0.05, 0.1) is 9.40 Å². The molecule has 0 spiro atoms. The predicted octanol–water partition coefficient (Wildman–Crippen LogP) is 3.90. The van der Waals surface area contributed by atoms with Crippen LogP contribution in [-0.2, 0) is 11.3 Å². The Bertz CT molecular complexity index is 572. The third-order valence-electron chi connectivity index (χ3n) is 4.01. The summed E-state index contributed by atoms with van der Waals surface area (Å²) in [6, 6.07) is 5.02. The maximum Gasteiger partial charge on any atom is 0.283 e. The molecule has 114 valence electrons. The monoisotopic (exact) mass is 354 g/mol. The Morgan fingerprint density at radius 2 is 2.10 bits per heavy atom. The lowest BCUT2D eigenvalue weighted by molar-refractivity contribution is -0.385. The summed E-state index contributed by atoms with van der Waals surface area (Å²) in [6.45, 7) is 5.49. The van der Waals surface area contributed by atoms with E-state index >= 15 is 0 Å². The van der Waals surface area contributed by atoms with E-state index in [9.17, 15) is 14.9 Å². The molecule has 1 saturated heterocycles. The number of hydrogen-bond donors (Lipinski definition) is 0.